The summed E-state index contributed by atoms with van der Waals surface area (Å²) in [6.45, 7) is 8.53. The van der Waals surface area contributed by atoms with E-state index in [4.69, 9.17) is 14.2 Å². The van der Waals surface area contributed by atoms with Crippen molar-refractivity contribution in [3.8, 4) is 0 Å². The standard InChI is InChI=1S/C27H50O6/c1-5-9-12-14-17-20-24(28)32-23(19-16-11-7-3)26(27(30)31-22-8-4)33-25(29)21-18-15-13-10-6-2/h23,26H,5-22H2,1-4H3. The van der Waals surface area contributed by atoms with Gasteiger partial charge in [0, 0.05) is 12.8 Å². The second-order valence-corrected chi connectivity index (χ2v) is 8.93. The topological polar surface area (TPSA) is 78.9 Å². The van der Waals surface area contributed by atoms with Crippen LogP contribution in [0.1, 0.15) is 137 Å². The molecule has 0 amide bonds. The van der Waals surface area contributed by atoms with Gasteiger partial charge in [-0.2, -0.15) is 0 Å². The largest absolute Gasteiger partial charge is 0.463 e. The molecule has 0 saturated heterocycles. The molecule has 0 aromatic rings. The van der Waals surface area contributed by atoms with Gasteiger partial charge in [0.1, 0.15) is 6.10 Å². The summed E-state index contributed by atoms with van der Waals surface area (Å²) in [6, 6.07) is 0. The molecular formula is C27H50O6. The molecule has 0 heterocycles. The van der Waals surface area contributed by atoms with Crippen LogP contribution in [0.5, 0.6) is 0 Å². The molecule has 0 saturated carbocycles. The van der Waals surface area contributed by atoms with E-state index < -0.39 is 24.1 Å². The number of carbonyl (C=O) groups is 3. The van der Waals surface area contributed by atoms with Crippen LogP contribution in [0.3, 0.4) is 0 Å². The lowest BCUT2D eigenvalue weighted by molar-refractivity contribution is -0.183. The summed E-state index contributed by atoms with van der Waals surface area (Å²) in [5, 5.41) is 0. The van der Waals surface area contributed by atoms with Crippen LogP contribution < -0.4 is 0 Å². The van der Waals surface area contributed by atoms with Gasteiger partial charge in [-0.25, -0.2) is 4.79 Å². The van der Waals surface area contributed by atoms with Gasteiger partial charge in [0.05, 0.1) is 6.61 Å². The highest BCUT2D eigenvalue weighted by Gasteiger charge is 2.35. The first-order valence-electron chi connectivity index (χ1n) is 13.6. The van der Waals surface area contributed by atoms with Crippen molar-refractivity contribution in [2.75, 3.05) is 6.61 Å². The summed E-state index contributed by atoms with van der Waals surface area (Å²) < 4.78 is 16.6. The molecule has 0 aliphatic rings. The Hall–Kier alpha value is -1.59. The van der Waals surface area contributed by atoms with Crippen molar-refractivity contribution in [2.24, 2.45) is 0 Å². The van der Waals surface area contributed by atoms with E-state index in [-0.39, 0.29) is 19.0 Å². The highest BCUT2D eigenvalue weighted by molar-refractivity contribution is 5.80. The molecule has 0 fully saturated rings. The predicted molar refractivity (Wildman–Crippen MR) is 132 cm³/mol. The highest BCUT2D eigenvalue weighted by atomic mass is 16.6. The van der Waals surface area contributed by atoms with Crippen molar-refractivity contribution >= 4 is 17.9 Å². The van der Waals surface area contributed by atoms with Gasteiger partial charge in [0.15, 0.2) is 0 Å². The average molecular weight is 471 g/mol. The smallest absolute Gasteiger partial charge is 0.351 e. The minimum absolute atomic E-state index is 0.247. The summed E-state index contributed by atoms with van der Waals surface area (Å²) in [7, 11) is 0. The van der Waals surface area contributed by atoms with Gasteiger partial charge in [-0.3, -0.25) is 9.59 Å². The summed E-state index contributed by atoms with van der Waals surface area (Å²) in [5.74, 6) is -1.38. The number of ether oxygens (including phenoxy) is 3. The normalized spacial score (nSPS) is 12.7. The SMILES string of the molecule is CCCCCCCC(=O)OC(CCCCC)C(OC(=O)CCCCCCC)C(=O)OCCC. The lowest BCUT2D eigenvalue weighted by Crippen LogP contribution is -2.42. The third-order valence-corrected chi connectivity index (χ3v) is 5.62. The van der Waals surface area contributed by atoms with E-state index in [1.165, 1.54) is 0 Å². The summed E-state index contributed by atoms with van der Waals surface area (Å²) >= 11 is 0. The molecule has 0 spiro atoms. The number of hydrogen-bond donors (Lipinski definition) is 0. The first kappa shape index (κ1) is 31.4. The highest BCUT2D eigenvalue weighted by Crippen LogP contribution is 2.18. The first-order chi connectivity index (χ1) is 16.0. The zero-order valence-electron chi connectivity index (χ0n) is 21.8. The fraction of sp³-hybridized carbons (Fsp3) is 0.889. The van der Waals surface area contributed by atoms with Gasteiger partial charge in [-0.1, -0.05) is 91.9 Å². The van der Waals surface area contributed by atoms with Gasteiger partial charge < -0.3 is 14.2 Å². The molecule has 0 radical (unpaired) electrons. The molecular weight excluding hydrogens is 420 g/mol. The quantitative estimate of drug-likeness (QED) is 0.0957. The summed E-state index contributed by atoms with van der Waals surface area (Å²) in [4.78, 5) is 37.7. The maximum Gasteiger partial charge on any atom is 0.351 e. The molecule has 33 heavy (non-hydrogen) atoms. The zero-order valence-corrected chi connectivity index (χ0v) is 21.8. The Morgan fingerprint density at radius 1 is 0.576 bits per heavy atom. The average Bonchev–Trinajstić information content (AvgIpc) is 2.80. The Morgan fingerprint density at radius 2 is 1.06 bits per heavy atom. The first-order valence-corrected chi connectivity index (χ1v) is 13.6. The fourth-order valence-corrected chi connectivity index (χ4v) is 3.60. The van der Waals surface area contributed by atoms with Crippen molar-refractivity contribution in [1.29, 1.82) is 0 Å². The molecule has 2 atom stereocenters. The minimum atomic E-state index is -1.19. The van der Waals surface area contributed by atoms with Crippen LogP contribution in [0.4, 0.5) is 0 Å². The van der Waals surface area contributed by atoms with E-state index in [1.807, 2.05) is 6.92 Å². The van der Waals surface area contributed by atoms with Crippen molar-refractivity contribution in [1.82, 2.24) is 0 Å². The number of unbranched alkanes of at least 4 members (excludes halogenated alkanes) is 10. The molecule has 6 nitrogen and oxygen atoms in total. The van der Waals surface area contributed by atoms with Gasteiger partial charge in [-0.15, -0.1) is 0 Å². The number of esters is 3. The molecule has 0 bridgehead atoms. The van der Waals surface area contributed by atoms with Crippen molar-refractivity contribution in [3.63, 3.8) is 0 Å². The summed E-state index contributed by atoms with van der Waals surface area (Å²) in [5.41, 5.74) is 0. The van der Waals surface area contributed by atoms with E-state index in [1.54, 1.807) is 0 Å². The van der Waals surface area contributed by atoms with Crippen LogP contribution in [-0.4, -0.2) is 36.7 Å². The van der Waals surface area contributed by atoms with Crippen LogP contribution >= 0.6 is 0 Å². The van der Waals surface area contributed by atoms with Crippen LogP contribution in [0, 0.1) is 0 Å². The van der Waals surface area contributed by atoms with E-state index in [9.17, 15) is 14.4 Å². The molecule has 2 unspecified atom stereocenters. The minimum Gasteiger partial charge on any atom is -0.463 e. The number of carbonyl (C=O) groups excluding carboxylic acids is 3. The Labute approximate surface area is 202 Å². The fourth-order valence-electron chi connectivity index (χ4n) is 3.60. The van der Waals surface area contributed by atoms with Gasteiger partial charge in [0.2, 0.25) is 6.10 Å². The van der Waals surface area contributed by atoms with Crippen LogP contribution in [-0.2, 0) is 28.6 Å². The van der Waals surface area contributed by atoms with Gasteiger partial charge >= 0.3 is 17.9 Å². The second kappa shape index (κ2) is 22.2. The molecule has 0 aliphatic heterocycles. The Morgan fingerprint density at radius 3 is 1.58 bits per heavy atom. The van der Waals surface area contributed by atoms with E-state index in [2.05, 4.69) is 20.8 Å². The maximum absolute atomic E-state index is 12.7. The lowest BCUT2D eigenvalue weighted by Gasteiger charge is -2.26. The Kier molecular flexibility index (Phi) is 21.1. The van der Waals surface area contributed by atoms with Crippen LogP contribution in [0.2, 0.25) is 0 Å². The molecule has 0 N–H and O–H groups in total. The molecule has 0 aromatic carbocycles. The van der Waals surface area contributed by atoms with E-state index in [0.29, 0.717) is 19.3 Å². The van der Waals surface area contributed by atoms with E-state index >= 15 is 0 Å². The van der Waals surface area contributed by atoms with Crippen molar-refractivity contribution in [3.05, 3.63) is 0 Å². The molecule has 194 valence electrons. The maximum atomic E-state index is 12.7. The lowest BCUT2D eigenvalue weighted by atomic mass is 10.0. The number of hydrogen-bond acceptors (Lipinski definition) is 6. The van der Waals surface area contributed by atoms with Crippen LogP contribution in [0.15, 0.2) is 0 Å². The van der Waals surface area contributed by atoms with Crippen molar-refractivity contribution in [2.45, 2.75) is 149 Å². The third-order valence-electron chi connectivity index (χ3n) is 5.62. The molecule has 0 aliphatic carbocycles. The molecule has 6 heteroatoms. The Bertz CT molecular complexity index is 505. The monoisotopic (exact) mass is 470 g/mol. The van der Waals surface area contributed by atoms with Crippen molar-refractivity contribution < 1.29 is 28.6 Å². The van der Waals surface area contributed by atoms with Crippen LogP contribution in [0.25, 0.3) is 0 Å². The van der Waals surface area contributed by atoms with E-state index in [0.717, 1.165) is 83.5 Å². The Balaban J connectivity index is 5.07. The second-order valence-electron chi connectivity index (χ2n) is 8.93. The summed E-state index contributed by atoms with van der Waals surface area (Å²) in [6.07, 6.45) is 12.7. The predicted octanol–water partition coefficient (Wildman–Crippen LogP) is 7.06. The molecule has 0 aromatic heterocycles. The molecule has 0 rings (SSSR count). The number of rotatable bonds is 22. The van der Waals surface area contributed by atoms with Gasteiger partial charge in [-0.05, 0) is 32.1 Å². The van der Waals surface area contributed by atoms with Gasteiger partial charge in [0.25, 0.3) is 0 Å². The zero-order chi connectivity index (χ0) is 24.7. The third kappa shape index (κ3) is 17.5.